The number of amides is 1. The summed E-state index contributed by atoms with van der Waals surface area (Å²) in [6.07, 6.45) is 1.81. The molecule has 3 rings (SSSR count). The van der Waals surface area contributed by atoms with Crippen LogP contribution in [-0.2, 0) is 11.3 Å². The number of hydrogen-bond acceptors (Lipinski definition) is 4. The largest absolute Gasteiger partial charge is 0.353 e. The lowest BCUT2D eigenvalue weighted by Gasteiger charge is -2.36. The van der Waals surface area contributed by atoms with E-state index < -0.39 is 0 Å². The predicted molar refractivity (Wildman–Crippen MR) is 105 cm³/mol. The molecule has 1 aliphatic rings. The van der Waals surface area contributed by atoms with Crippen molar-refractivity contribution >= 4 is 11.7 Å². The minimum atomic E-state index is 0.206. The summed E-state index contributed by atoms with van der Waals surface area (Å²) >= 11 is 0. The average Bonchev–Trinajstić information content (AvgIpc) is 2.65. The van der Waals surface area contributed by atoms with E-state index in [1.807, 2.05) is 36.3 Å². The Morgan fingerprint density at radius 2 is 1.88 bits per heavy atom. The maximum Gasteiger partial charge on any atom is 0.236 e. The first-order chi connectivity index (χ1) is 12.5. The summed E-state index contributed by atoms with van der Waals surface area (Å²) in [5.41, 5.74) is 3.84. The van der Waals surface area contributed by atoms with Crippen LogP contribution >= 0.6 is 0 Å². The summed E-state index contributed by atoms with van der Waals surface area (Å²) in [5, 5.41) is 0. The molecule has 0 N–H and O–H groups in total. The van der Waals surface area contributed by atoms with Crippen LogP contribution in [-0.4, -0.2) is 60.5 Å². The average molecular weight is 352 g/mol. The van der Waals surface area contributed by atoms with Gasteiger partial charge in [0.25, 0.3) is 0 Å². The molecule has 0 spiro atoms. The van der Waals surface area contributed by atoms with Crippen LogP contribution in [0.5, 0.6) is 0 Å². The van der Waals surface area contributed by atoms with Crippen LogP contribution in [0.25, 0.3) is 0 Å². The Labute approximate surface area is 156 Å². The number of rotatable bonds is 5. The second kappa shape index (κ2) is 8.32. The number of piperazine rings is 1. The summed E-state index contributed by atoms with van der Waals surface area (Å²) in [7, 11) is 2.02. The van der Waals surface area contributed by atoms with E-state index in [1.54, 1.807) is 0 Å². The van der Waals surface area contributed by atoms with Crippen LogP contribution in [0.4, 0.5) is 5.82 Å². The number of hydrogen-bond donors (Lipinski definition) is 0. The molecule has 1 saturated heterocycles. The van der Waals surface area contributed by atoms with Gasteiger partial charge >= 0.3 is 0 Å². The predicted octanol–water partition coefficient (Wildman–Crippen LogP) is 2.48. The molecule has 138 valence electrons. The monoisotopic (exact) mass is 352 g/mol. The van der Waals surface area contributed by atoms with Gasteiger partial charge in [-0.3, -0.25) is 9.69 Å². The number of nitrogens with zero attached hydrogens (tertiary/aromatic N) is 4. The molecular formula is C21H28N4O. The molecule has 1 fully saturated rings. The fourth-order valence-corrected chi connectivity index (χ4v) is 3.43. The number of anilines is 1. The number of likely N-dealkylation sites (N-methyl/N-ethyl adjacent to an activating group) is 1. The second-order valence-electron chi connectivity index (χ2n) is 7.16. The molecule has 26 heavy (non-hydrogen) atoms. The lowest BCUT2D eigenvalue weighted by atomic mass is 10.1. The van der Waals surface area contributed by atoms with Crippen molar-refractivity contribution in [2.24, 2.45) is 0 Å². The third-order valence-electron chi connectivity index (χ3n) is 4.95. The third kappa shape index (κ3) is 4.61. The van der Waals surface area contributed by atoms with Crippen molar-refractivity contribution in [3.63, 3.8) is 0 Å². The SMILES string of the molecule is Cc1ccc(CN(C)CC(=O)N2CCN(c3ccccn3)CC2)c(C)c1. The molecule has 1 amide bonds. The summed E-state index contributed by atoms with van der Waals surface area (Å²) in [5.74, 6) is 1.20. The summed E-state index contributed by atoms with van der Waals surface area (Å²) in [4.78, 5) is 23.3. The van der Waals surface area contributed by atoms with Crippen LogP contribution in [0.3, 0.4) is 0 Å². The molecule has 0 saturated carbocycles. The van der Waals surface area contributed by atoms with Crippen molar-refractivity contribution in [3.8, 4) is 0 Å². The Kier molecular flexibility index (Phi) is 5.89. The van der Waals surface area contributed by atoms with E-state index in [-0.39, 0.29) is 5.91 Å². The van der Waals surface area contributed by atoms with Gasteiger partial charge < -0.3 is 9.80 Å². The summed E-state index contributed by atoms with van der Waals surface area (Å²) in [6.45, 7) is 8.68. The van der Waals surface area contributed by atoms with Crippen LogP contribution in [0.2, 0.25) is 0 Å². The van der Waals surface area contributed by atoms with E-state index in [0.717, 1.165) is 38.5 Å². The highest BCUT2D eigenvalue weighted by atomic mass is 16.2. The molecule has 0 unspecified atom stereocenters. The van der Waals surface area contributed by atoms with Gasteiger partial charge in [0.1, 0.15) is 5.82 Å². The highest BCUT2D eigenvalue weighted by Gasteiger charge is 2.22. The molecule has 0 aliphatic carbocycles. The Morgan fingerprint density at radius 1 is 1.12 bits per heavy atom. The summed E-state index contributed by atoms with van der Waals surface area (Å²) < 4.78 is 0. The Hall–Kier alpha value is -2.40. The standard InChI is InChI=1S/C21H28N4O/c1-17-7-8-19(18(2)14-17)15-23(3)16-21(26)25-12-10-24(11-13-25)20-6-4-5-9-22-20/h4-9,14H,10-13,15-16H2,1-3H3. The number of aryl methyl sites for hydroxylation is 2. The molecule has 0 bridgehead atoms. The number of carbonyl (C=O) groups excluding carboxylic acids is 1. The fraction of sp³-hybridized carbons (Fsp3) is 0.429. The van der Waals surface area contributed by atoms with Gasteiger partial charge in [0.15, 0.2) is 0 Å². The maximum absolute atomic E-state index is 12.6. The van der Waals surface area contributed by atoms with Crippen molar-refractivity contribution in [2.75, 3.05) is 44.7 Å². The van der Waals surface area contributed by atoms with Crippen LogP contribution in [0, 0.1) is 13.8 Å². The number of pyridine rings is 1. The number of carbonyl (C=O) groups is 1. The molecule has 0 radical (unpaired) electrons. The van der Waals surface area contributed by atoms with Crippen molar-refractivity contribution in [1.82, 2.24) is 14.8 Å². The van der Waals surface area contributed by atoms with E-state index in [0.29, 0.717) is 6.54 Å². The van der Waals surface area contributed by atoms with Gasteiger partial charge in [-0.1, -0.05) is 29.8 Å². The van der Waals surface area contributed by atoms with E-state index >= 15 is 0 Å². The first-order valence-electron chi connectivity index (χ1n) is 9.21. The van der Waals surface area contributed by atoms with Gasteiger partial charge in [-0.25, -0.2) is 4.98 Å². The first-order valence-corrected chi connectivity index (χ1v) is 9.21. The summed E-state index contributed by atoms with van der Waals surface area (Å²) in [6, 6.07) is 12.4. The van der Waals surface area contributed by atoms with Gasteiger partial charge in [-0.05, 0) is 44.2 Å². The van der Waals surface area contributed by atoms with E-state index in [2.05, 4.69) is 46.8 Å². The normalized spacial score (nSPS) is 14.8. The lowest BCUT2D eigenvalue weighted by molar-refractivity contribution is -0.132. The van der Waals surface area contributed by atoms with Crippen LogP contribution in [0.1, 0.15) is 16.7 Å². The smallest absolute Gasteiger partial charge is 0.236 e. The lowest BCUT2D eigenvalue weighted by Crippen LogP contribution is -2.51. The minimum absolute atomic E-state index is 0.206. The molecule has 2 heterocycles. The molecule has 1 aliphatic heterocycles. The van der Waals surface area contributed by atoms with Crippen LogP contribution < -0.4 is 4.90 Å². The van der Waals surface area contributed by atoms with Crippen LogP contribution in [0.15, 0.2) is 42.6 Å². The highest BCUT2D eigenvalue weighted by Crippen LogP contribution is 2.14. The zero-order valence-corrected chi connectivity index (χ0v) is 16.0. The molecule has 1 aromatic heterocycles. The number of aromatic nitrogens is 1. The van der Waals surface area contributed by atoms with Gasteiger partial charge in [-0.15, -0.1) is 0 Å². The Bertz CT molecular complexity index is 739. The highest BCUT2D eigenvalue weighted by molar-refractivity contribution is 5.78. The van der Waals surface area contributed by atoms with Gasteiger partial charge in [0, 0.05) is 38.9 Å². The zero-order valence-electron chi connectivity index (χ0n) is 16.0. The molecule has 0 atom stereocenters. The van der Waals surface area contributed by atoms with Gasteiger partial charge in [0.2, 0.25) is 5.91 Å². The molecule has 5 nitrogen and oxygen atoms in total. The van der Waals surface area contributed by atoms with Gasteiger partial charge in [-0.2, -0.15) is 0 Å². The molecule has 1 aromatic carbocycles. The number of benzene rings is 1. The second-order valence-corrected chi connectivity index (χ2v) is 7.16. The van der Waals surface area contributed by atoms with E-state index in [9.17, 15) is 4.79 Å². The topological polar surface area (TPSA) is 39.7 Å². The molecular weight excluding hydrogens is 324 g/mol. The quantitative estimate of drug-likeness (QED) is 0.829. The first kappa shape index (κ1) is 18.4. The zero-order chi connectivity index (χ0) is 18.5. The van der Waals surface area contributed by atoms with E-state index in [4.69, 9.17) is 0 Å². The van der Waals surface area contributed by atoms with Crippen molar-refractivity contribution in [3.05, 3.63) is 59.3 Å². The fourth-order valence-electron chi connectivity index (χ4n) is 3.43. The van der Waals surface area contributed by atoms with Crippen molar-refractivity contribution in [1.29, 1.82) is 0 Å². The van der Waals surface area contributed by atoms with E-state index in [1.165, 1.54) is 16.7 Å². The Morgan fingerprint density at radius 3 is 2.54 bits per heavy atom. The molecule has 2 aromatic rings. The van der Waals surface area contributed by atoms with Gasteiger partial charge in [0.05, 0.1) is 6.54 Å². The maximum atomic E-state index is 12.6. The van der Waals surface area contributed by atoms with Crippen molar-refractivity contribution in [2.45, 2.75) is 20.4 Å². The third-order valence-corrected chi connectivity index (χ3v) is 4.95. The minimum Gasteiger partial charge on any atom is -0.353 e. The van der Waals surface area contributed by atoms with Crippen molar-refractivity contribution < 1.29 is 4.79 Å². The molecule has 5 heteroatoms. The Balaban J connectivity index is 1.49.